The number of nitrogens with one attached hydrogen (secondary N) is 2. The number of ether oxygens (including phenoxy) is 1. The lowest BCUT2D eigenvalue weighted by atomic mass is 10.1. The van der Waals surface area contributed by atoms with E-state index in [1.807, 2.05) is 43.3 Å². The van der Waals surface area contributed by atoms with Crippen molar-refractivity contribution in [3.8, 4) is 11.8 Å². The summed E-state index contributed by atoms with van der Waals surface area (Å²) in [6.07, 6.45) is 1.43. The first-order valence-electron chi connectivity index (χ1n) is 9.71. The van der Waals surface area contributed by atoms with Crippen LogP contribution in [0.4, 0.5) is 11.4 Å². The predicted molar refractivity (Wildman–Crippen MR) is 125 cm³/mol. The molecule has 0 unspecified atom stereocenters. The molecule has 0 spiro atoms. The molecule has 3 aromatic rings. The Kier molecular flexibility index (Phi) is 7.63. The van der Waals surface area contributed by atoms with Crippen molar-refractivity contribution in [1.29, 1.82) is 5.26 Å². The number of nitriles is 1. The Morgan fingerprint density at radius 3 is 2.34 bits per heavy atom. The molecule has 0 aliphatic rings. The zero-order valence-electron chi connectivity index (χ0n) is 17.3. The molecule has 3 aromatic carbocycles. The number of amides is 2. The number of halogens is 1. The first-order valence-corrected chi connectivity index (χ1v) is 10.1. The van der Waals surface area contributed by atoms with Crippen LogP contribution in [-0.2, 0) is 9.59 Å². The molecule has 2 N–H and O–H groups in total. The van der Waals surface area contributed by atoms with Crippen LogP contribution in [0, 0.1) is 18.3 Å². The van der Waals surface area contributed by atoms with Crippen LogP contribution in [0.15, 0.2) is 78.4 Å². The van der Waals surface area contributed by atoms with Crippen molar-refractivity contribution in [2.24, 2.45) is 0 Å². The summed E-state index contributed by atoms with van der Waals surface area (Å²) in [7, 11) is 0. The Bertz CT molecular complexity index is 1180. The molecule has 0 heterocycles. The summed E-state index contributed by atoms with van der Waals surface area (Å²) in [5.74, 6) is -0.532. The second-order valence-corrected chi connectivity index (χ2v) is 7.29. The van der Waals surface area contributed by atoms with E-state index in [9.17, 15) is 14.9 Å². The van der Waals surface area contributed by atoms with Crippen molar-refractivity contribution in [2.75, 3.05) is 17.2 Å². The molecule has 0 saturated carbocycles. The van der Waals surface area contributed by atoms with Gasteiger partial charge in [-0.1, -0.05) is 53.6 Å². The van der Waals surface area contributed by atoms with Gasteiger partial charge in [0.2, 0.25) is 0 Å². The molecule has 3 rings (SSSR count). The van der Waals surface area contributed by atoms with Crippen molar-refractivity contribution in [1.82, 2.24) is 0 Å². The van der Waals surface area contributed by atoms with Crippen LogP contribution in [-0.4, -0.2) is 18.4 Å². The second-order valence-electron chi connectivity index (χ2n) is 6.88. The Balaban J connectivity index is 1.63. The zero-order chi connectivity index (χ0) is 22.9. The van der Waals surface area contributed by atoms with Crippen molar-refractivity contribution < 1.29 is 14.3 Å². The van der Waals surface area contributed by atoms with Gasteiger partial charge in [0, 0.05) is 11.4 Å². The minimum atomic E-state index is -0.523. The molecule has 2 amide bonds. The van der Waals surface area contributed by atoms with Gasteiger partial charge in [0.25, 0.3) is 11.8 Å². The maximum atomic E-state index is 12.4. The van der Waals surface area contributed by atoms with Gasteiger partial charge in [0.05, 0.1) is 5.02 Å². The molecule has 7 heteroatoms. The van der Waals surface area contributed by atoms with E-state index in [1.54, 1.807) is 42.5 Å². The lowest BCUT2D eigenvalue weighted by molar-refractivity contribution is -0.118. The third-order valence-corrected chi connectivity index (χ3v) is 4.65. The quantitative estimate of drug-likeness (QED) is 0.385. The molecule has 0 fully saturated rings. The fourth-order valence-electron chi connectivity index (χ4n) is 2.74. The largest absolute Gasteiger partial charge is 0.482 e. The highest BCUT2D eigenvalue weighted by Crippen LogP contribution is 2.26. The number of rotatable bonds is 7. The van der Waals surface area contributed by atoms with Gasteiger partial charge in [-0.05, 0) is 55.0 Å². The number of para-hydroxylation sites is 1. The van der Waals surface area contributed by atoms with Crippen LogP contribution in [0.2, 0.25) is 5.02 Å². The van der Waals surface area contributed by atoms with Gasteiger partial charge in [-0.3, -0.25) is 9.59 Å². The van der Waals surface area contributed by atoms with Crippen LogP contribution >= 0.6 is 11.6 Å². The first-order chi connectivity index (χ1) is 15.4. The number of hydrogen-bond acceptors (Lipinski definition) is 4. The van der Waals surface area contributed by atoms with Gasteiger partial charge in [0.15, 0.2) is 6.61 Å². The number of benzene rings is 3. The van der Waals surface area contributed by atoms with Gasteiger partial charge < -0.3 is 15.4 Å². The molecule has 0 aromatic heterocycles. The summed E-state index contributed by atoms with van der Waals surface area (Å²) >= 11 is 6.25. The maximum absolute atomic E-state index is 12.4. The second kappa shape index (κ2) is 10.8. The Morgan fingerprint density at radius 2 is 1.69 bits per heavy atom. The summed E-state index contributed by atoms with van der Waals surface area (Å²) in [4.78, 5) is 24.4. The average molecular weight is 446 g/mol. The first kappa shape index (κ1) is 22.6. The fourth-order valence-corrected chi connectivity index (χ4v) is 2.98. The van der Waals surface area contributed by atoms with Crippen LogP contribution < -0.4 is 15.4 Å². The lowest BCUT2D eigenvalue weighted by Gasteiger charge is -2.09. The van der Waals surface area contributed by atoms with Crippen molar-refractivity contribution in [3.05, 3.63) is 94.5 Å². The average Bonchev–Trinajstić information content (AvgIpc) is 2.79. The fraction of sp³-hybridized carbons (Fsp3) is 0.0800. The smallest absolute Gasteiger partial charge is 0.266 e. The summed E-state index contributed by atoms with van der Waals surface area (Å²) in [6.45, 7) is 1.73. The molecule has 0 aliphatic heterocycles. The molecule has 32 heavy (non-hydrogen) atoms. The monoisotopic (exact) mass is 445 g/mol. The van der Waals surface area contributed by atoms with E-state index < -0.39 is 5.91 Å². The Hall–Kier alpha value is -4.08. The van der Waals surface area contributed by atoms with Crippen molar-refractivity contribution in [3.63, 3.8) is 0 Å². The van der Waals surface area contributed by atoms with Crippen LogP contribution in [0.5, 0.6) is 5.75 Å². The van der Waals surface area contributed by atoms with E-state index in [-0.39, 0.29) is 23.1 Å². The van der Waals surface area contributed by atoms with Gasteiger partial charge in [-0.15, -0.1) is 0 Å². The molecule has 0 bridgehead atoms. The molecular weight excluding hydrogens is 426 g/mol. The van der Waals surface area contributed by atoms with Gasteiger partial charge >= 0.3 is 0 Å². The summed E-state index contributed by atoms with van der Waals surface area (Å²) in [5, 5.41) is 15.0. The summed E-state index contributed by atoms with van der Waals surface area (Å²) < 4.78 is 5.48. The molecule has 0 saturated heterocycles. The third-order valence-electron chi connectivity index (χ3n) is 4.36. The van der Waals surface area contributed by atoms with Crippen LogP contribution in [0.1, 0.15) is 11.1 Å². The molecule has 0 radical (unpaired) electrons. The number of anilines is 2. The highest BCUT2D eigenvalue weighted by atomic mass is 35.5. The van der Waals surface area contributed by atoms with Gasteiger partial charge in [0.1, 0.15) is 17.4 Å². The number of carbonyl (C=O) groups is 2. The molecular formula is C25H20ClN3O3. The number of carbonyl (C=O) groups excluding carboxylic acids is 2. The highest BCUT2D eigenvalue weighted by molar-refractivity contribution is 6.32. The van der Waals surface area contributed by atoms with E-state index >= 15 is 0 Å². The molecule has 160 valence electrons. The van der Waals surface area contributed by atoms with E-state index in [1.165, 1.54) is 6.08 Å². The minimum Gasteiger partial charge on any atom is -0.482 e. The van der Waals surface area contributed by atoms with Crippen LogP contribution in [0.25, 0.3) is 6.08 Å². The maximum Gasteiger partial charge on any atom is 0.266 e. The van der Waals surface area contributed by atoms with Crippen molar-refractivity contribution >= 4 is 40.9 Å². The third kappa shape index (κ3) is 6.46. The molecule has 6 nitrogen and oxygen atoms in total. The topological polar surface area (TPSA) is 91.2 Å². The van der Waals surface area contributed by atoms with Crippen molar-refractivity contribution in [2.45, 2.75) is 6.92 Å². The summed E-state index contributed by atoms with van der Waals surface area (Å²) in [6, 6.07) is 23.0. The van der Waals surface area contributed by atoms with Crippen LogP contribution in [0.3, 0.4) is 0 Å². The zero-order valence-corrected chi connectivity index (χ0v) is 18.0. The predicted octanol–water partition coefficient (Wildman–Crippen LogP) is 5.21. The normalized spacial score (nSPS) is 10.7. The number of nitrogens with zero attached hydrogens (tertiary/aromatic N) is 1. The van der Waals surface area contributed by atoms with E-state index in [0.717, 1.165) is 5.56 Å². The standard InChI is InChI=1S/C25H20ClN3O3/c1-17-7-10-21(11-8-17)29-25(31)19(15-27)13-18-9-12-23(22(26)14-18)32-16-24(30)28-20-5-3-2-4-6-20/h2-14H,16H2,1H3,(H,28,30)(H,29,31)/b19-13+. The SMILES string of the molecule is Cc1ccc(NC(=O)/C(C#N)=C/c2ccc(OCC(=O)Nc3ccccc3)c(Cl)c2)cc1. The number of hydrogen-bond donors (Lipinski definition) is 2. The molecule has 0 aliphatic carbocycles. The molecule has 0 atom stereocenters. The Morgan fingerprint density at radius 1 is 1.00 bits per heavy atom. The van der Waals surface area contributed by atoms with E-state index in [0.29, 0.717) is 22.7 Å². The van der Waals surface area contributed by atoms with Gasteiger partial charge in [-0.2, -0.15) is 5.26 Å². The lowest BCUT2D eigenvalue weighted by Crippen LogP contribution is -2.20. The summed E-state index contributed by atoms with van der Waals surface area (Å²) in [5.41, 5.74) is 2.80. The highest BCUT2D eigenvalue weighted by Gasteiger charge is 2.11. The van der Waals surface area contributed by atoms with E-state index in [2.05, 4.69) is 10.6 Å². The van der Waals surface area contributed by atoms with Gasteiger partial charge in [-0.25, -0.2) is 0 Å². The number of aryl methyl sites for hydroxylation is 1. The van der Waals surface area contributed by atoms with E-state index in [4.69, 9.17) is 16.3 Å². The Labute approximate surface area is 191 Å². The minimum absolute atomic E-state index is 0.0717.